The highest BCUT2D eigenvalue weighted by Crippen LogP contribution is 2.37. The van der Waals surface area contributed by atoms with Gasteiger partial charge in [0.1, 0.15) is 0 Å². The Morgan fingerprint density at radius 3 is 2.33 bits per heavy atom. The van der Waals surface area contributed by atoms with Gasteiger partial charge in [-0.05, 0) is 75.0 Å². The minimum absolute atomic E-state index is 0.0256. The molecule has 2 atom stereocenters. The summed E-state index contributed by atoms with van der Waals surface area (Å²) in [6.07, 6.45) is 7.05. The summed E-state index contributed by atoms with van der Waals surface area (Å²) >= 11 is 0. The van der Waals surface area contributed by atoms with Crippen molar-refractivity contribution in [1.82, 2.24) is 9.62 Å². The molecular weight excluding hydrogens is 400 g/mol. The Balaban J connectivity index is 1.60. The quantitative estimate of drug-likeness (QED) is 0.743. The molecule has 0 unspecified atom stereocenters. The van der Waals surface area contributed by atoms with Gasteiger partial charge >= 0.3 is 0 Å². The minimum atomic E-state index is -3.34. The van der Waals surface area contributed by atoms with E-state index in [4.69, 9.17) is 4.74 Å². The van der Waals surface area contributed by atoms with Gasteiger partial charge in [-0.1, -0.05) is 18.2 Å². The largest absolute Gasteiger partial charge is 0.376 e. The number of likely N-dealkylation sites (tertiary alicyclic amines) is 1. The number of rotatable bonds is 6. The fourth-order valence-electron chi connectivity index (χ4n) is 5.29. The van der Waals surface area contributed by atoms with Crippen LogP contribution in [0.15, 0.2) is 18.2 Å². The van der Waals surface area contributed by atoms with Crippen LogP contribution in [0.5, 0.6) is 0 Å². The molecule has 1 heterocycles. The van der Waals surface area contributed by atoms with E-state index in [1.807, 2.05) is 0 Å². The van der Waals surface area contributed by atoms with Crippen LogP contribution >= 0.6 is 0 Å². The number of hydrogen-bond donors (Lipinski definition) is 1. The molecule has 0 aromatic heterocycles. The molecule has 1 N–H and O–H groups in total. The molecule has 0 spiro atoms. The monoisotopic (exact) mass is 436 g/mol. The zero-order valence-corrected chi connectivity index (χ0v) is 19.5. The molecule has 0 radical (unpaired) electrons. The van der Waals surface area contributed by atoms with Crippen LogP contribution in [-0.2, 0) is 19.6 Å². The van der Waals surface area contributed by atoms with Crippen molar-refractivity contribution in [2.24, 2.45) is 0 Å². The molecule has 0 bridgehead atoms. The fraction of sp³-hybridized carbons (Fsp3) is 0.696. The molecule has 2 fully saturated rings. The number of hydrogen-bond acceptors (Lipinski definition) is 4. The second-order valence-corrected chi connectivity index (χ2v) is 10.8. The van der Waals surface area contributed by atoms with Crippen molar-refractivity contribution in [2.75, 3.05) is 19.4 Å². The molecular formula is C23H36N2O4S. The summed E-state index contributed by atoms with van der Waals surface area (Å²) in [4.78, 5) is 13.9. The van der Waals surface area contributed by atoms with Crippen molar-refractivity contribution in [3.05, 3.63) is 34.9 Å². The second-order valence-electron chi connectivity index (χ2n) is 9.03. The van der Waals surface area contributed by atoms with E-state index in [-0.39, 0.29) is 24.1 Å². The van der Waals surface area contributed by atoms with Crippen molar-refractivity contribution in [2.45, 2.75) is 83.4 Å². The highest BCUT2D eigenvalue weighted by atomic mass is 32.2. The lowest BCUT2D eigenvalue weighted by Crippen LogP contribution is -2.58. The number of nitrogens with zero attached hydrogens (tertiary/aromatic N) is 1. The highest BCUT2D eigenvalue weighted by molar-refractivity contribution is 7.88. The summed E-state index contributed by atoms with van der Waals surface area (Å²) in [6, 6.07) is 5.97. The number of nitrogens with one attached hydrogen (secondary N) is 1. The van der Waals surface area contributed by atoms with Crippen LogP contribution in [0, 0.1) is 13.8 Å². The molecule has 7 heteroatoms. The van der Waals surface area contributed by atoms with Crippen LogP contribution in [0.25, 0.3) is 0 Å². The minimum Gasteiger partial charge on any atom is -0.376 e. The van der Waals surface area contributed by atoms with Crippen LogP contribution in [0.1, 0.15) is 68.1 Å². The molecule has 2 aliphatic rings. The predicted octanol–water partition coefficient (Wildman–Crippen LogP) is 3.27. The van der Waals surface area contributed by atoms with Crippen LogP contribution in [0.3, 0.4) is 0 Å². The smallest absolute Gasteiger partial charge is 0.219 e. The Kier molecular flexibility index (Phi) is 7.58. The van der Waals surface area contributed by atoms with Crippen molar-refractivity contribution in [3.63, 3.8) is 0 Å². The van der Waals surface area contributed by atoms with E-state index >= 15 is 0 Å². The van der Waals surface area contributed by atoms with E-state index in [1.165, 1.54) is 22.9 Å². The number of benzene rings is 1. The average molecular weight is 437 g/mol. The van der Waals surface area contributed by atoms with Crippen LogP contribution in [0.4, 0.5) is 0 Å². The van der Waals surface area contributed by atoms with Crippen LogP contribution in [0.2, 0.25) is 0 Å². The van der Waals surface area contributed by atoms with Crippen LogP contribution < -0.4 is 4.72 Å². The first-order valence-electron chi connectivity index (χ1n) is 11.1. The number of amides is 1. The molecule has 3 rings (SSSR count). The number of aryl methyl sites for hydroxylation is 2. The summed E-state index contributed by atoms with van der Waals surface area (Å²) in [6.45, 7) is 6.97. The Morgan fingerprint density at radius 2 is 1.77 bits per heavy atom. The number of carbonyl (C=O) groups excluding carboxylic acids is 1. The van der Waals surface area contributed by atoms with Gasteiger partial charge in [-0.25, -0.2) is 13.1 Å². The number of ether oxygens (including phenoxy) is 1. The van der Waals surface area contributed by atoms with E-state index in [2.05, 4.69) is 36.8 Å². The summed E-state index contributed by atoms with van der Waals surface area (Å²) in [5.74, 6) is 0.552. The maximum absolute atomic E-state index is 12.1. The SMILES string of the molecule is CC(=O)N1CCC[C@H](NS(C)(=O)=O)[C@@H]1COC1CCC(c2c(C)cccc2C)CC1. The van der Waals surface area contributed by atoms with Crippen molar-refractivity contribution < 1.29 is 17.9 Å². The fourth-order valence-corrected chi connectivity index (χ4v) is 6.12. The first-order valence-corrected chi connectivity index (χ1v) is 13.0. The third kappa shape index (κ3) is 5.83. The lowest BCUT2D eigenvalue weighted by atomic mass is 9.79. The standard InChI is InChI=1S/C23H36N2O4S/c1-16-7-5-8-17(2)23(16)19-10-12-20(13-11-19)29-15-22-21(24-30(4,27)28)9-6-14-25(22)18(3)26/h5,7-8,19-22,24H,6,9-15H2,1-4H3/t19?,20?,21-,22-/m0/s1. The van der Waals surface area contributed by atoms with Gasteiger partial charge in [0.05, 0.1) is 25.0 Å². The molecule has 1 saturated heterocycles. The maximum atomic E-state index is 12.1. The summed E-state index contributed by atoms with van der Waals surface area (Å²) in [7, 11) is -3.34. The van der Waals surface area contributed by atoms with E-state index < -0.39 is 10.0 Å². The predicted molar refractivity (Wildman–Crippen MR) is 119 cm³/mol. The third-order valence-electron chi connectivity index (χ3n) is 6.68. The van der Waals surface area contributed by atoms with Crippen LogP contribution in [-0.4, -0.2) is 56.8 Å². The first kappa shape index (κ1) is 23.2. The molecule has 1 aromatic rings. The van der Waals surface area contributed by atoms with E-state index in [0.29, 0.717) is 19.1 Å². The zero-order chi connectivity index (χ0) is 21.9. The van der Waals surface area contributed by atoms with Crippen molar-refractivity contribution >= 4 is 15.9 Å². The summed E-state index contributed by atoms with van der Waals surface area (Å²) in [5.41, 5.74) is 4.23. The molecule has 168 valence electrons. The van der Waals surface area contributed by atoms with Gasteiger partial charge in [-0.15, -0.1) is 0 Å². The van der Waals surface area contributed by atoms with Crippen molar-refractivity contribution in [1.29, 1.82) is 0 Å². The maximum Gasteiger partial charge on any atom is 0.219 e. The molecule has 1 aliphatic carbocycles. The molecule has 1 aliphatic heterocycles. The molecule has 1 saturated carbocycles. The van der Waals surface area contributed by atoms with Gasteiger partial charge in [0, 0.05) is 19.5 Å². The number of sulfonamides is 1. The normalized spacial score (nSPS) is 27.8. The lowest BCUT2D eigenvalue weighted by Gasteiger charge is -2.41. The van der Waals surface area contributed by atoms with E-state index in [9.17, 15) is 13.2 Å². The Bertz CT molecular complexity index is 827. The Morgan fingerprint density at radius 1 is 1.13 bits per heavy atom. The first-order chi connectivity index (χ1) is 14.2. The number of carbonyl (C=O) groups is 1. The molecule has 1 amide bonds. The topological polar surface area (TPSA) is 75.7 Å². The highest BCUT2D eigenvalue weighted by Gasteiger charge is 2.35. The summed E-state index contributed by atoms with van der Waals surface area (Å²) < 4.78 is 32.6. The van der Waals surface area contributed by atoms with Gasteiger partial charge in [0.2, 0.25) is 15.9 Å². The van der Waals surface area contributed by atoms with Gasteiger partial charge in [0.25, 0.3) is 0 Å². The molecule has 1 aromatic carbocycles. The van der Waals surface area contributed by atoms with Crippen molar-refractivity contribution in [3.8, 4) is 0 Å². The zero-order valence-electron chi connectivity index (χ0n) is 18.7. The van der Waals surface area contributed by atoms with Gasteiger partial charge in [0.15, 0.2) is 0 Å². The van der Waals surface area contributed by atoms with E-state index in [1.54, 1.807) is 11.8 Å². The van der Waals surface area contributed by atoms with Gasteiger partial charge < -0.3 is 9.64 Å². The lowest BCUT2D eigenvalue weighted by molar-refractivity contribution is -0.136. The molecule has 6 nitrogen and oxygen atoms in total. The van der Waals surface area contributed by atoms with E-state index in [0.717, 1.165) is 38.5 Å². The van der Waals surface area contributed by atoms with Gasteiger partial charge in [-0.2, -0.15) is 0 Å². The van der Waals surface area contributed by atoms with Gasteiger partial charge in [-0.3, -0.25) is 4.79 Å². The Hall–Kier alpha value is -1.44. The molecule has 30 heavy (non-hydrogen) atoms. The third-order valence-corrected chi connectivity index (χ3v) is 7.41. The second kappa shape index (κ2) is 9.79. The average Bonchev–Trinajstić information content (AvgIpc) is 2.66. The summed E-state index contributed by atoms with van der Waals surface area (Å²) in [5, 5.41) is 0. The number of piperidine rings is 1. The Labute approximate surface area is 181 Å².